The summed E-state index contributed by atoms with van der Waals surface area (Å²) >= 11 is 0. The molecule has 0 spiro atoms. The van der Waals surface area contributed by atoms with E-state index in [1.807, 2.05) is 13.1 Å². The van der Waals surface area contributed by atoms with E-state index in [1.54, 1.807) is 4.90 Å². The van der Waals surface area contributed by atoms with E-state index in [2.05, 4.69) is 44.8 Å². The molecule has 2 rings (SSSR count). The van der Waals surface area contributed by atoms with E-state index in [4.69, 9.17) is 5.73 Å². The molecular formula is C24H39F3N8O. The van der Waals surface area contributed by atoms with Crippen molar-refractivity contribution in [3.05, 3.63) is 23.5 Å². The number of urea groups is 1. The van der Waals surface area contributed by atoms with E-state index in [-0.39, 0.29) is 30.2 Å². The molecule has 36 heavy (non-hydrogen) atoms. The number of carbonyl (C=O) groups excluding carboxylic acids is 1. The largest absolute Gasteiger partial charge is 0.421 e. The minimum Gasteiger partial charge on any atom is -0.388 e. The Morgan fingerprint density at radius 2 is 2.03 bits per heavy atom. The number of nitrogens with zero attached hydrogens (tertiary/aromatic N) is 4. The highest BCUT2D eigenvalue weighted by Crippen LogP contribution is 2.34. The fourth-order valence-corrected chi connectivity index (χ4v) is 3.90. The van der Waals surface area contributed by atoms with Crippen molar-refractivity contribution in [1.82, 2.24) is 25.5 Å². The van der Waals surface area contributed by atoms with Gasteiger partial charge in [0.1, 0.15) is 17.2 Å². The first-order valence-electron chi connectivity index (χ1n) is 12.7. The molecule has 0 aliphatic carbocycles. The van der Waals surface area contributed by atoms with Crippen LogP contribution in [0.1, 0.15) is 71.3 Å². The van der Waals surface area contributed by atoms with Crippen LogP contribution < -0.4 is 21.7 Å². The van der Waals surface area contributed by atoms with Crippen LogP contribution >= 0.6 is 0 Å². The van der Waals surface area contributed by atoms with Gasteiger partial charge in [0.25, 0.3) is 5.95 Å². The maximum atomic E-state index is 13.5. The maximum Gasteiger partial charge on any atom is 0.421 e. The van der Waals surface area contributed by atoms with Gasteiger partial charge >= 0.3 is 12.2 Å². The topological polar surface area (TPSA) is 121 Å². The second-order valence-corrected chi connectivity index (χ2v) is 8.74. The van der Waals surface area contributed by atoms with Gasteiger partial charge in [-0.05, 0) is 32.1 Å². The Bertz CT molecular complexity index is 898. The highest BCUT2D eigenvalue weighted by Gasteiger charge is 2.35. The first-order valence-corrected chi connectivity index (χ1v) is 12.7. The minimum absolute atomic E-state index is 0.151. The lowest BCUT2D eigenvalue weighted by atomic mass is 10.1. The maximum absolute atomic E-state index is 13.5. The molecule has 0 aromatic carbocycles. The number of amidine groups is 1. The van der Waals surface area contributed by atoms with Crippen molar-refractivity contribution in [2.45, 2.75) is 77.9 Å². The first kappa shape index (κ1) is 29.2. The van der Waals surface area contributed by atoms with Crippen LogP contribution in [-0.4, -0.2) is 59.0 Å². The number of hydrogen-bond donors (Lipinski definition) is 4. The van der Waals surface area contributed by atoms with Gasteiger partial charge in [0.2, 0.25) is 0 Å². The zero-order valence-electron chi connectivity index (χ0n) is 21.4. The number of aromatic nitrogens is 2. The summed E-state index contributed by atoms with van der Waals surface area (Å²) in [6.45, 7) is 8.07. The minimum atomic E-state index is -4.63. The lowest BCUT2D eigenvalue weighted by Gasteiger charge is -2.27. The molecule has 0 unspecified atom stereocenters. The lowest BCUT2D eigenvalue weighted by molar-refractivity contribution is -0.137. The van der Waals surface area contributed by atoms with Gasteiger partial charge in [-0.15, -0.1) is 0 Å². The monoisotopic (exact) mass is 512 g/mol. The fourth-order valence-electron chi connectivity index (χ4n) is 3.90. The van der Waals surface area contributed by atoms with Gasteiger partial charge in [0.05, 0.1) is 0 Å². The molecular weight excluding hydrogens is 473 g/mol. The summed E-state index contributed by atoms with van der Waals surface area (Å²) < 4.78 is 40.6. The van der Waals surface area contributed by atoms with Gasteiger partial charge in [-0.1, -0.05) is 33.6 Å². The predicted octanol–water partition coefficient (Wildman–Crippen LogP) is 4.55. The summed E-state index contributed by atoms with van der Waals surface area (Å²) in [7, 11) is 0. The van der Waals surface area contributed by atoms with E-state index in [1.165, 1.54) is 0 Å². The van der Waals surface area contributed by atoms with E-state index < -0.39 is 11.7 Å². The number of halogens is 3. The van der Waals surface area contributed by atoms with Gasteiger partial charge in [0.15, 0.2) is 0 Å². The van der Waals surface area contributed by atoms with Crippen LogP contribution in [0.2, 0.25) is 0 Å². The highest BCUT2D eigenvalue weighted by molar-refractivity contribution is 5.98. The van der Waals surface area contributed by atoms with Gasteiger partial charge in [0, 0.05) is 50.2 Å². The number of alkyl halides is 3. The molecule has 0 saturated carbocycles. The molecule has 1 saturated heterocycles. The second-order valence-electron chi connectivity index (χ2n) is 8.74. The molecule has 5 N–H and O–H groups in total. The van der Waals surface area contributed by atoms with Crippen LogP contribution in [0.25, 0.3) is 0 Å². The van der Waals surface area contributed by atoms with Gasteiger partial charge in [-0.2, -0.15) is 23.1 Å². The van der Waals surface area contributed by atoms with Gasteiger partial charge < -0.3 is 26.6 Å². The Hall–Kier alpha value is -3.05. The summed E-state index contributed by atoms with van der Waals surface area (Å²) in [4.78, 5) is 25.4. The Morgan fingerprint density at radius 3 is 2.64 bits per heavy atom. The molecule has 2 amide bonds. The Labute approximate surface area is 211 Å². The lowest BCUT2D eigenvalue weighted by Crippen LogP contribution is -2.46. The van der Waals surface area contributed by atoms with Crippen LogP contribution in [-0.2, 0) is 6.18 Å². The summed E-state index contributed by atoms with van der Waals surface area (Å²) in [6.07, 6.45) is 3.95. The van der Waals surface area contributed by atoms with E-state index in [9.17, 15) is 18.0 Å². The van der Waals surface area contributed by atoms with Crippen molar-refractivity contribution in [3.8, 4) is 0 Å². The van der Waals surface area contributed by atoms with Gasteiger partial charge in [-0.3, -0.25) is 0 Å². The average molecular weight is 513 g/mol. The van der Waals surface area contributed by atoms with E-state index >= 15 is 0 Å². The van der Waals surface area contributed by atoms with Crippen LogP contribution in [0.5, 0.6) is 0 Å². The van der Waals surface area contributed by atoms with Crippen molar-refractivity contribution in [1.29, 1.82) is 0 Å². The number of hydrogen-bond acceptors (Lipinski definition) is 6. The zero-order valence-corrected chi connectivity index (χ0v) is 21.4. The fraction of sp³-hybridized carbons (Fsp3) is 0.667. The summed E-state index contributed by atoms with van der Waals surface area (Å²) in [6, 6.07) is 0.167. The Balaban J connectivity index is 2.13. The molecule has 1 aliphatic heterocycles. The summed E-state index contributed by atoms with van der Waals surface area (Å²) in [5, 5.41) is 8.87. The smallest absolute Gasteiger partial charge is 0.388 e. The molecule has 1 fully saturated rings. The summed E-state index contributed by atoms with van der Waals surface area (Å²) in [5.74, 6) is -0.367. The number of nitrogens with two attached hydrogens (primary N) is 1. The molecule has 202 valence electrons. The van der Waals surface area contributed by atoms with Crippen LogP contribution in [0, 0.1) is 0 Å². The van der Waals surface area contributed by atoms with Crippen molar-refractivity contribution >= 4 is 23.6 Å². The molecule has 1 aromatic heterocycles. The second kappa shape index (κ2) is 14.5. The molecule has 12 heteroatoms. The molecule has 0 atom stereocenters. The number of amides is 2. The molecule has 0 radical (unpaired) electrons. The number of carbonyl (C=O) groups is 1. The average Bonchev–Trinajstić information content (AvgIpc) is 2.83. The number of rotatable bonds is 14. The van der Waals surface area contributed by atoms with Crippen molar-refractivity contribution in [3.63, 3.8) is 0 Å². The quantitative estimate of drug-likeness (QED) is 0.165. The first-order chi connectivity index (χ1) is 17.2. The predicted molar refractivity (Wildman–Crippen MR) is 136 cm³/mol. The van der Waals surface area contributed by atoms with Crippen molar-refractivity contribution < 1.29 is 18.0 Å². The third kappa shape index (κ3) is 9.19. The molecule has 1 aromatic rings. The zero-order chi connectivity index (χ0) is 26.6. The molecule has 2 heterocycles. The normalized spacial score (nSPS) is 15.3. The number of nitrogens with one attached hydrogen (secondary N) is 3. The third-order valence-corrected chi connectivity index (χ3v) is 5.84. The van der Waals surface area contributed by atoms with Gasteiger partial charge in [-0.25, -0.2) is 9.78 Å². The Morgan fingerprint density at radius 1 is 1.31 bits per heavy atom. The van der Waals surface area contributed by atoms with Crippen molar-refractivity contribution in [2.24, 2.45) is 10.7 Å². The van der Waals surface area contributed by atoms with Crippen LogP contribution in [0.4, 0.5) is 29.7 Å². The van der Waals surface area contributed by atoms with E-state index in [0.29, 0.717) is 44.7 Å². The highest BCUT2D eigenvalue weighted by atomic mass is 19.4. The standard InChI is InChI=1S/C24H39F3N8O/c1-4-9-18(10-5-2)31-15-17(6-3)20(28)33-22-32-16-19(24(25,26)27)21(34-22)29-11-7-13-35-14-8-12-30-23(35)36/h15-16,18,31H,4-14H2,1-3H3,(H,30,36)(H3,28,29,32,33,34)/b17-15-. The molecule has 0 bridgehead atoms. The third-order valence-electron chi connectivity index (χ3n) is 5.84. The van der Waals surface area contributed by atoms with Crippen LogP contribution in [0.15, 0.2) is 23.0 Å². The van der Waals surface area contributed by atoms with E-state index in [0.717, 1.165) is 37.7 Å². The van der Waals surface area contributed by atoms with Crippen molar-refractivity contribution in [2.75, 3.05) is 31.5 Å². The molecule has 9 nitrogen and oxygen atoms in total. The number of anilines is 1. The molecule has 1 aliphatic rings. The Kier molecular flexibility index (Phi) is 11.7. The SMILES string of the molecule is CCCC(CCC)N/C=C(CC)\C(N)=N\c1ncc(C(F)(F)F)c(NCCCN2CCCNC2=O)n1. The number of aliphatic imine (C=N–C) groups is 1. The van der Waals surface area contributed by atoms with Crippen LogP contribution in [0.3, 0.4) is 0 Å². The summed E-state index contributed by atoms with van der Waals surface area (Å²) in [5.41, 5.74) is 5.91.